The summed E-state index contributed by atoms with van der Waals surface area (Å²) in [6.07, 6.45) is 6.06. The lowest BCUT2D eigenvalue weighted by atomic mass is 10.1. The molecule has 0 aliphatic carbocycles. The minimum atomic E-state index is -0.519. The number of nitrogens with zero attached hydrogens (tertiary/aromatic N) is 4. The Morgan fingerprint density at radius 1 is 1.14 bits per heavy atom. The van der Waals surface area contributed by atoms with E-state index >= 15 is 0 Å². The molecule has 2 amide bonds. The summed E-state index contributed by atoms with van der Waals surface area (Å²) in [4.78, 5) is 38.3. The monoisotopic (exact) mass is 413 g/mol. The van der Waals surface area contributed by atoms with Crippen molar-refractivity contribution >= 4 is 29.5 Å². The van der Waals surface area contributed by atoms with Gasteiger partial charge in [0.1, 0.15) is 6.04 Å². The minimum Gasteiger partial charge on any atom is -0.340 e. The summed E-state index contributed by atoms with van der Waals surface area (Å²) in [6, 6.07) is 8.68. The Hall–Kier alpha value is -2.61. The molecule has 1 aromatic carbocycles. The lowest BCUT2D eigenvalue weighted by Crippen LogP contribution is -2.55. The molecule has 1 aliphatic heterocycles. The van der Waals surface area contributed by atoms with Crippen LogP contribution in [0.3, 0.4) is 0 Å². The van der Waals surface area contributed by atoms with Gasteiger partial charge < -0.3 is 15.1 Å². The highest BCUT2D eigenvalue weighted by molar-refractivity contribution is 7.98. The summed E-state index contributed by atoms with van der Waals surface area (Å²) < 4.78 is 0. The number of aromatic nitrogens is 2. The summed E-state index contributed by atoms with van der Waals surface area (Å²) in [6.45, 7) is 4.48. The molecule has 3 rings (SSSR count). The van der Waals surface area contributed by atoms with Crippen molar-refractivity contribution in [2.75, 3.05) is 43.1 Å². The van der Waals surface area contributed by atoms with E-state index < -0.39 is 6.04 Å². The van der Waals surface area contributed by atoms with Gasteiger partial charge in [-0.3, -0.25) is 9.59 Å². The summed E-state index contributed by atoms with van der Waals surface area (Å²) in [5.41, 5.74) is 1.60. The maximum absolute atomic E-state index is 13.1. The highest BCUT2D eigenvalue weighted by atomic mass is 32.2. The molecule has 0 saturated carbocycles. The van der Waals surface area contributed by atoms with Crippen LogP contribution in [0.5, 0.6) is 0 Å². The highest BCUT2D eigenvalue weighted by Crippen LogP contribution is 2.13. The Morgan fingerprint density at radius 2 is 1.86 bits per heavy atom. The molecule has 1 aliphatic rings. The number of carbonyl (C=O) groups excluding carboxylic acids is 2. The smallest absolute Gasteiger partial charge is 0.251 e. The van der Waals surface area contributed by atoms with Crippen LogP contribution in [-0.4, -0.2) is 70.9 Å². The average molecular weight is 414 g/mol. The molecule has 2 heterocycles. The molecule has 0 spiro atoms. The second-order valence-electron chi connectivity index (χ2n) is 7.04. The number of aryl methyl sites for hydroxylation is 1. The zero-order chi connectivity index (χ0) is 20.6. The van der Waals surface area contributed by atoms with Gasteiger partial charge in [-0.25, -0.2) is 9.97 Å². The van der Waals surface area contributed by atoms with Crippen LogP contribution in [0.1, 0.15) is 22.3 Å². The summed E-state index contributed by atoms with van der Waals surface area (Å²) in [5.74, 6) is 1.27. The summed E-state index contributed by atoms with van der Waals surface area (Å²) in [7, 11) is 0. The van der Waals surface area contributed by atoms with Gasteiger partial charge >= 0.3 is 0 Å². The van der Waals surface area contributed by atoms with Crippen molar-refractivity contribution in [3.05, 3.63) is 53.9 Å². The Morgan fingerprint density at radius 3 is 2.52 bits per heavy atom. The predicted molar refractivity (Wildman–Crippen MR) is 116 cm³/mol. The van der Waals surface area contributed by atoms with Gasteiger partial charge in [-0.05, 0) is 43.6 Å². The van der Waals surface area contributed by atoms with E-state index in [1.807, 2.05) is 36.3 Å². The van der Waals surface area contributed by atoms with Crippen molar-refractivity contribution in [1.82, 2.24) is 20.2 Å². The molecule has 29 heavy (non-hydrogen) atoms. The standard InChI is InChI=1S/C21H27N5O2S/c1-16-5-3-6-17(15-16)19(27)24-18(7-14-29-2)20(28)25-10-12-26(13-11-25)21-22-8-4-9-23-21/h3-6,8-9,15,18H,7,10-14H2,1-2H3,(H,24,27)/t18-/m0/s1. The topological polar surface area (TPSA) is 78.4 Å². The number of rotatable bonds is 7. The van der Waals surface area contributed by atoms with Gasteiger partial charge in [0, 0.05) is 44.1 Å². The molecule has 154 valence electrons. The second kappa shape index (κ2) is 10.2. The predicted octanol–water partition coefficient (Wildman–Crippen LogP) is 1.99. The van der Waals surface area contributed by atoms with Crippen molar-refractivity contribution in [2.24, 2.45) is 0 Å². The number of benzene rings is 1. The van der Waals surface area contributed by atoms with Crippen molar-refractivity contribution in [1.29, 1.82) is 0 Å². The number of carbonyl (C=O) groups is 2. The van der Waals surface area contributed by atoms with Crippen molar-refractivity contribution in [3.8, 4) is 0 Å². The van der Waals surface area contributed by atoms with Gasteiger partial charge in [0.25, 0.3) is 5.91 Å². The molecule has 1 atom stereocenters. The van der Waals surface area contributed by atoms with E-state index in [-0.39, 0.29) is 11.8 Å². The number of hydrogen-bond donors (Lipinski definition) is 1. The van der Waals surface area contributed by atoms with Gasteiger partial charge in [0.2, 0.25) is 11.9 Å². The first-order valence-electron chi connectivity index (χ1n) is 9.75. The summed E-state index contributed by atoms with van der Waals surface area (Å²) >= 11 is 1.67. The van der Waals surface area contributed by atoms with E-state index in [1.165, 1.54) is 0 Å². The van der Waals surface area contributed by atoms with Gasteiger partial charge in [-0.2, -0.15) is 11.8 Å². The largest absolute Gasteiger partial charge is 0.340 e. The maximum Gasteiger partial charge on any atom is 0.251 e. The van der Waals surface area contributed by atoms with Gasteiger partial charge in [0.05, 0.1) is 0 Å². The average Bonchev–Trinajstić information content (AvgIpc) is 2.76. The number of thioether (sulfide) groups is 1. The SMILES string of the molecule is CSCC[C@H](NC(=O)c1cccc(C)c1)C(=O)N1CCN(c2ncccn2)CC1. The van der Waals surface area contributed by atoms with Gasteiger partial charge in [0.15, 0.2) is 0 Å². The van der Waals surface area contributed by atoms with Crippen molar-refractivity contribution in [3.63, 3.8) is 0 Å². The highest BCUT2D eigenvalue weighted by Gasteiger charge is 2.29. The van der Waals surface area contributed by atoms with Crippen LogP contribution in [0.2, 0.25) is 0 Å². The van der Waals surface area contributed by atoms with E-state index in [0.29, 0.717) is 44.1 Å². The molecule has 7 nitrogen and oxygen atoms in total. The number of hydrogen-bond acceptors (Lipinski definition) is 6. The molecular weight excluding hydrogens is 386 g/mol. The van der Waals surface area contributed by atoms with E-state index in [2.05, 4.69) is 20.2 Å². The van der Waals surface area contributed by atoms with Crippen LogP contribution in [0.15, 0.2) is 42.7 Å². The van der Waals surface area contributed by atoms with Gasteiger partial charge in [-0.15, -0.1) is 0 Å². The fourth-order valence-corrected chi connectivity index (χ4v) is 3.79. The summed E-state index contributed by atoms with van der Waals surface area (Å²) in [5, 5.41) is 2.95. The number of nitrogens with one attached hydrogen (secondary N) is 1. The number of amides is 2. The van der Waals surface area contributed by atoms with Crippen LogP contribution in [-0.2, 0) is 4.79 Å². The minimum absolute atomic E-state index is 0.0197. The second-order valence-corrected chi connectivity index (χ2v) is 8.02. The normalized spacial score (nSPS) is 15.1. The van der Waals surface area contributed by atoms with E-state index in [4.69, 9.17) is 0 Å². The van der Waals surface area contributed by atoms with Gasteiger partial charge in [-0.1, -0.05) is 17.7 Å². The number of anilines is 1. The van der Waals surface area contributed by atoms with Crippen LogP contribution in [0, 0.1) is 6.92 Å². The van der Waals surface area contributed by atoms with Crippen LogP contribution in [0.4, 0.5) is 5.95 Å². The molecule has 1 saturated heterocycles. The third-order valence-corrected chi connectivity index (χ3v) is 5.56. The van der Waals surface area contributed by atoms with Crippen LogP contribution in [0.25, 0.3) is 0 Å². The third-order valence-electron chi connectivity index (χ3n) is 4.92. The molecule has 0 radical (unpaired) electrons. The quantitative estimate of drug-likeness (QED) is 0.748. The van der Waals surface area contributed by atoms with Crippen molar-refractivity contribution < 1.29 is 9.59 Å². The Bertz CT molecular complexity index is 825. The molecule has 0 unspecified atom stereocenters. The fraction of sp³-hybridized carbons (Fsp3) is 0.429. The van der Waals surface area contributed by atoms with E-state index in [9.17, 15) is 9.59 Å². The first-order chi connectivity index (χ1) is 14.1. The first-order valence-corrected chi connectivity index (χ1v) is 11.1. The molecule has 1 fully saturated rings. The Labute approximate surface area is 175 Å². The third kappa shape index (κ3) is 5.69. The number of piperazine rings is 1. The zero-order valence-corrected chi connectivity index (χ0v) is 17.7. The lowest BCUT2D eigenvalue weighted by Gasteiger charge is -2.36. The van der Waals surface area contributed by atoms with Crippen molar-refractivity contribution in [2.45, 2.75) is 19.4 Å². The zero-order valence-electron chi connectivity index (χ0n) is 16.9. The van der Waals surface area contributed by atoms with Crippen LogP contribution < -0.4 is 10.2 Å². The fourth-order valence-electron chi connectivity index (χ4n) is 3.32. The molecule has 1 aromatic heterocycles. The first kappa shape index (κ1) is 21.1. The van der Waals surface area contributed by atoms with E-state index in [0.717, 1.165) is 11.3 Å². The molecule has 2 aromatic rings. The molecule has 1 N–H and O–H groups in total. The Kier molecular flexibility index (Phi) is 7.46. The lowest BCUT2D eigenvalue weighted by molar-refractivity contribution is -0.133. The van der Waals surface area contributed by atoms with Crippen LogP contribution >= 0.6 is 11.8 Å². The molecular formula is C21H27N5O2S. The molecule has 8 heteroatoms. The molecule has 0 bridgehead atoms. The van der Waals surface area contributed by atoms with E-state index in [1.54, 1.807) is 36.3 Å². The Balaban J connectivity index is 1.62. The maximum atomic E-state index is 13.1.